The standard InChI is InChI=1S/C28H26N2O/c29-27(31)26(21-22-13-5-1-6-14-22)30-28(23-15-7-2-8-16-23,24-17-9-3-10-18-24)25-19-11-4-12-20-25/h1-20,26,30H,21H2,(H2,29,31)/t26-/m0/s1. The van der Waals surface area contributed by atoms with Gasteiger partial charge in [0.1, 0.15) is 0 Å². The van der Waals surface area contributed by atoms with Crippen LogP contribution in [0.5, 0.6) is 0 Å². The van der Waals surface area contributed by atoms with Crippen molar-refractivity contribution in [2.45, 2.75) is 18.0 Å². The summed E-state index contributed by atoms with van der Waals surface area (Å²) in [6, 6.07) is 40.1. The lowest BCUT2D eigenvalue weighted by Crippen LogP contribution is -2.55. The third-order valence-corrected chi connectivity index (χ3v) is 5.64. The zero-order valence-corrected chi connectivity index (χ0v) is 17.3. The van der Waals surface area contributed by atoms with Gasteiger partial charge in [0.15, 0.2) is 0 Å². The Morgan fingerprint density at radius 3 is 1.35 bits per heavy atom. The number of nitrogens with two attached hydrogens (primary N) is 1. The summed E-state index contributed by atoms with van der Waals surface area (Å²) in [6.45, 7) is 0. The monoisotopic (exact) mass is 406 g/mol. The van der Waals surface area contributed by atoms with Crippen LogP contribution in [0, 0.1) is 0 Å². The van der Waals surface area contributed by atoms with Crippen LogP contribution in [0.4, 0.5) is 0 Å². The minimum atomic E-state index is -0.738. The van der Waals surface area contributed by atoms with Gasteiger partial charge in [-0.1, -0.05) is 121 Å². The Balaban J connectivity index is 1.90. The Morgan fingerprint density at radius 2 is 1.00 bits per heavy atom. The lowest BCUT2D eigenvalue weighted by atomic mass is 9.76. The van der Waals surface area contributed by atoms with Gasteiger partial charge < -0.3 is 5.73 Å². The average molecular weight is 407 g/mol. The van der Waals surface area contributed by atoms with Gasteiger partial charge in [-0.2, -0.15) is 0 Å². The van der Waals surface area contributed by atoms with E-state index in [1.807, 2.05) is 84.9 Å². The number of primary amides is 1. The number of hydrogen-bond acceptors (Lipinski definition) is 2. The molecule has 0 aromatic heterocycles. The zero-order chi connectivity index (χ0) is 21.5. The van der Waals surface area contributed by atoms with Gasteiger partial charge in [0.25, 0.3) is 0 Å². The second-order valence-corrected chi connectivity index (χ2v) is 7.64. The molecular weight excluding hydrogens is 380 g/mol. The van der Waals surface area contributed by atoms with Crippen molar-refractivity contribution in [3.63, 3.8) is 0 Å². The van der Waals surface area contributed by atoms with Crippen LogP contribution in [0.15, 0.2) is 121 Å². The molecule has 4 aromatic carbocycles. The topological polar surface area (TPSA) is 55.1 Å². The first kappa shape index (κ1) is 20.6. The van der Waals surface area contributed by atoms with Crippen LogP contribution >= 0.6 is 0 Å². The van der Waals surface area contributed by atoms with E-state index >= 15 is 0 Å². The number of carbonyl (C=O) groups is 1. The summed E-state index contributed by atoms with van der Waals surface area (Å²) in [5.74, 6) is -0.379. The van der Waals surface area contributed by atoms with Gasteiger partial charge in [0, 0.05) is 0 Å². The second kappa shape index (κ2) is 9.41. The lowest BCUT2D eigenvalue weighted by molar-refractivity contribution is -0.120. The molecule has 4 rings (SSSR count). The molecule has 1 amide bonds. The van der Waals surface area contributed by atoms with Gasteiger partial charge in [-0.05, 0) is 28.7 Å². The van der Waals surface area contributed by atoms with Crippen LogP contribution in [-0.4, -0.2) is 11.9 Å². The van der Waals surface area contributed by atoms with Crippen molar-refractivity contribution in [2.75, 3.05) is 0 Å². The van der Waals surface area contributed by atoms with E-state index in [2.05, 4.69) is 41.7 Å². The number of carbonyl (C=O) groups excluding carboxylic acids is 1. The molecule has 0 spiro atoms. The fraction of sp³-hybridized carbons (Fsp3) is 0.107. The van der Waals surface area contributed by atoms with Gasteiger partial charge in [-0.15, -0.1) is 0 Å². The van der Waals surface area contributed by atoms with Crippen LogP contribution < -0.4 is 11.1 Å². The van der Waals surface area contributed by atoms with Crippen molar-refractivity contribution in [3.05, 3.63) is 144 Å². The highest BCUT2D eigenvalue weighted by Gasteiger charge is 2.39. The number of benzene rings is 4. The summed E-state index contributed by atoms with van der Waals surface area (Å²) in [7, 11) is 0. The highest BCUT2D eigenvalue weighted by molar-refractivity contribution is 5.80. The highest BCUT2D eigenvalue weighted by Crippen LogP contribution is 2.37. The fourth-order valence-corrected chi connectivity index (χ4v) is 4.15. The molecule has 0 aliphatic heterocycles. The Hall–Kier alpha value is -3.69. The van der Waals surface area contributed by atoms with E-state index in [1.54, 1.807) is 0 Å². The van der Waals surface area contributed by atoms with Crippen LogP contribution in [0.2, 0.25) is 0 Å². The minimum absolute atomic E-state index is 0.379. The number of amides is 1. The largest absolute Gasteiger partial charge is 0.368 e. The molecule has 0 aliphatic carbocycles. The molecule has 3 heteroatoms. The summed E-state index contributed by atoms with van der Waals surface area (Å²) < 4.78 is 0. The predicted molar refractivity (Wildman–Crippen MR) is 125 cm³/mol. The van der Waals surface area contributed by atoms with Crippen molar-refractivity contribution in [2.24, 2.45) is 5.73 Å². The van der Waals surface area contributed by atoms with E-state index in [0.717, 1.165) is 22.3 Å². The molecule has 154 valence electrons. The van der Waals surface area contributed by atoms with E-state index < -0.39 is 11.6 Å². The van der Waals surface area contributed by atoms with E-state index in [1.165, 1.54) is 0 Å². The van der Waals surface area contributed by atoms with Crippen molar-refractivity contribution in [3.8, 4) is 0 Å². The summed E-state index contributed by atoms with van der Waals surface area (Å²) >= 11 is 0. The number of hydrogen-bond donors (Lipinski definition) is 2. The van der Waals surface area contributed by atoms with E-state index in [4.69, 9.17) is 5.73 Å². The first-order chi connectivity index (χ1) is 15.2. The van der Waals surface area contributed by atoms with Crippen molar-refractivity contribution in [1.29, 1.82) is 0 Å². The molecule has 4 aromatic rings. The molecule has 0 saturated carbocycles. The maximum absolute atomic E-state index is 12.6. The third kappa shape index (κ3) is 4.42. The lowest BCUT2D eigenvalue weighted by Gasteiger charge is -2.39. The Labute approximate surface area is 183 Å². The Kier molecular flexibility index (Phi) is 6.25. The number of nitrogens with one attached hydrogen (secondary N) is 1. The minimum Gasteiger partial charge on any atom is -0.368 e. The smallest absolute Gasteiger partial charge is 0.234 e. The van der Waals surface area contributed by atoms with Crippen LogP contribution in [0.1, 0.15) is 22.3 Å². The van der Waals surface area contributed by atoms with Crippen LogP contribution in [-0.2, 0) is 16.8 Å². The fourth-order valence-electron chi connectivity index (χ4n) is 4.15. The number of rotatable bonds is 8. The SMILES string of the molecule is NC(=O)[C@H](Cc1ccccc1)NC(c1ccccc1)(c1ccccc1)c1ccccc1. The average Bonchev–Trinajstić information content (AvgIpc) is 2.84. The maximum Gasteiger partial charge on any atom is 0.234 e. The van der Waals surface area contributed by atoms with Crippen molar-refractivity contribution in [1.82, 2.24) is 5.32 Å². The van der Waals surface area contributed by atoms with E-state index in [0.29, 0.717) is 6.42 Å². The van der Waals surface area contributed by atoms with Gasteiger partial charge >= 0.3 is 0 Å². The normalized spacial score (nSPS) is 12.3. The Bertz CT molecular complexity index is 1000. The summed E-state index contributed by atoms with van der Waals surface area (Å²) in [5, 5.41) is 3.69. The van der Waals surface area contributed by atoms with Crippen molar-refractivity contribution < 1.29 is 4.79 Å². The first-order valence-corrected chi connectivity index (χ1v) is 10.5. The molecule has 3 N–H and O–H groups in total. The molecule has 0 aliphatic rings. The molecular formula is C28H26N2O. The molecule has 3 nitrogen and oxygen atoms in total. The van der Waals surface area contributed by atoms with Gasteiger partial charge in [0.2, 0.25) is 5.91 Å². The highest BCUT2D eigenvalue weighted by atomic mass is 16.1. The van der Waals surface area contributed by atoms with Gasteiger partial charge in [-0.3, -0.25) is 10.1 Å². The maximum atomic E-state index is 12.6. The summed E-state index contributed by atoms with van der Waals surface area (Å²) in [4.78, 5) is 12.6. The second-order valence-electron chi connectivity index (χ2n) is 7.64. The molecule has 0 bridgehead atoms. The molecule has 0 unspecified atom stereocenters. The van der Waals surface area contributed by atoms with Crippen LogP contribution in [0.25, 0.3) is 0 Å². The third-order valence-electron chi connectivity index (χ3n) is 5.64. The first-order valence-electron chi connectivity index (χ1n) is 10.5. The Morgan fingerprint density at radius 1 is 0.645 bits per heavy atom. The van der Waals surface area contributed by atoms with Crippen LogP contribution in [0.3, 0.4) is 0 Å². The molecule has 0 radical (unpaired) electrons. The zero-order valence-electron chi connectivity index (χ0n) is 17.3. The summed E-state index contributed by atoms with van der Waals surface area (Å²) in [5.41, 5.74) is 9.39. The van der Waals surface area contributed by atoms with E-state index in [9.17, 15) is 4.79 Å². The molecule has 0 heterocycles. The quantitative estimate of drug-likeness (QED) is 0.418. The van der Waals surface area contributed by atoms with Crippen molar-refractivity contribution >= 4 is 5.91 Å². The molecule has 1 atom stereocenters. The van der Waals surface area contributed by atoms with Gasteiger partial charge in [-0.25, -0.2) is 0 Å². The van der Waals surface area contributed by atoms with Gasteiger partial charge in [0.05, 0.1) is 11.6 Å². The predicted octanol–water partition coefficient (Wildman–Crippen LogP) is 4.66. The summed E-state index contributed by atoms with van der Waals surface area (Å²) in [6.07, 6.45) is 0.504. The molecule has 0 fully saturated rings. The van der Waals surface area contributed by atoms with E-state index in [-0.39, 0.29) is 5.91 Å². The molecule has 0 saturated heterocycles. The molecule has 31 heavy (non-hydrogen) atoms.